The fraction of sp³-hybridized carbons (Fsp3) is 0.465. The van der Waals surface area contributed by atoms with Gasteiger partial charge in [0.25, 0.3) is 6.47 Å². The maximum absolute atomic E-state index is 15.1. The summed E-state index contributed by atoms with van der Waals surface area (Å²) in [6, 6.07) is 19.0. The Morgan fingerprint density at radius 1 is 0.983 bits per heavy atom. The summed E-state index contributed by atoms with van der Waals surface area (Å²) in [5, 5.41) is 27.1. The number of pyridine rings is 1. The molecule has 3 N–H and O–H groups in total. The number of morpholine rings is 1. The molecule has 5 heterocycles. The van der Waals surface area contributed by atoms with Gasteiger partial charge in [0.15, 0.2) is 5.65 Å². The number of carboxylic acid groups (broad SMARTS) is 1. The molecule has 58 heavy (non-hydrogen) atoms. The maximum atomic E-state index is 15.1. The quantitative estimate of drug-likeness (QED) is 0.135. The Labute approximate surface area is 338 Å². The molecule has 3 aromatic heterocycles. The molecule has 4 atom stereocenters. The summed E-state index contributed by atoms with van der Waals surface area (Å²) in [4.78, 5) is 26.8. The third-order valence-corrected chi connectivity index (χ3v) is 11.2. The third kappa shape index (κ3) is 9.10. The minimum absolute atomic E-state index is 0.196. The molecule has 2 amide bonds. The molecule has 308 valence electrons. The van der Waals surface area contributed by atoms with Crippen LogP contribution < -0.4 is 20.3 Å². The van der Waals surface area contributed by atoms with Crippen LogP contribution in [0, 0.1) is 5.82 Å². The number of nitrogens with zero attached hydrogens (tertiary/aromatic N) is 7. The van der Waals surface area contributed by atoms with Crippen molar-refractivity contribution in [3.05, 3.63) is 95.1 Å². The highest BCUT2D eigenvalue weighted by molar-refractivity contribution is 5.89. The number of fused-ring (bicyclic) bond motifs is 2. The number of nitrogens with one attached hydrogen (secondary N) is 2. The van der Waals surface area contributed by atoms with Crippen molar-refractivity contribution in [1.82, 2.24) is 34.6 Å². The molecule has 0 spiro atoms. The van der Waals surface area contributed by atoms with Gasteiger partial charge in [-0.15, -0.1) is 10.2 Å². The molecule has 2 aliphatic heterocycles. The first-order valence-electron chi connectivity index (χ1n) is 20.2. The first kappa shape index (κ1) is 40.6. The summed E-state index contributed by atoms with van der Waals surface area (Å²) in [7, 11) is 0. The number of hydrogen-bond acceptors (Lipinski definition) is 9. The van der Waals surface area contributed by atoms with Crippen LogP contribution in [0.2, 0.25) is 0 Å². The van der Waals surface area contributed by atoms with E-state index in [9.17, 15) is 4.79 Å². The van der Waals surface area contributed by atoms with Crippen LogP contribution in [0.5, 0.6) is 5.75 Å². The largest absolute Gasteiger partial charge is 0.484 e. The number of urea groups is 1. The van der Waals surface area contributed by atoms with Crippen molar-refractivity contribution in [3.8, 4) is 11.4 Å². The molecule has 1 aliphatic carbocycles. The average Bonchev–Trinajstić information content (AvgIpc) is 3.81. The lowest BCUT2D eigenvalue weighted by Gasteiger charge is -2.39. The molecule has 14 nitrogen and oxygen atoms in total. The first-order valence-corrected chi connectivity index (χ1v) is 20.2. The van der Waals surface area contributed by atoms with Gasteiger partial charge in [-0.05, 0) is 93.0 Å². The van der Waals surface area contributed by atoms with Gasteiger partial charge in [-0.3, -0.25) is 19.4 Å². The lowest BCUT2D eigenvalue weighted by atomic mass is 9.85. The van der Waals surface area contributed by atoms with E-state index in [4.69, 9.17) is 24.5 Å². The highest BCUT2D eigenvalue weighted by Crippen LogP contribution is 2.39. The lowest BCUT2D eigenvalue weighted by molar-refractivity contribution is -0.122. The van der Waals surface area contributed by atoms with Gasteiger partial charge in [0.2, 0.25) is 5.95 Å². The van der Waals surface area contributed by atoms with Gasteiger partial charge in [-0.1, -0.05) is 45.0 Å². The second-order valence-electron chi connectivity index (χ2n) is 16.5. The van der Waals surface area contributed by atoms with E-state index < -0.39 is 0 Å². The lowest BCUT2D eigenvalue weighted by Crippen LogP contribution is -2.44. The predicted octanol–water partition coefficient (Wildman–Crippen LogP) is 7.43. The fourth-order valence-electron chi connectivity index (χ4n) is 8.32. The zero-order valence-electron chi connectivity index (χ0n) is 33.9. The van der Waals surface area contributed by atoms with Gasteiger partial charge in [-0.25, -0.2) is 13.9 Å². The molecular weight excluding hydrogens is 742 g/mol. The number of ether oxygens (including phenoxy) is 2. The second-order valence-corrected chi connectivity index (χ2v) is 16.5. The Balaban J connectivity index is 0.00000166. The smallest absolute Gasteiger partial charge is 0.320 e. The molecule has 2 aromatic carbocycles. The van der Waals surface area contributed by atoms with Crippen LogP contribution in [-0.2, 0) is 21.5 Å². The molecule has 15 heteroatoms. The van der Waals surface area contributed by atoms with E-state index in [0.717, 1.165) is 65.7 Å². The summed E-state index contributed by atoms with van der Waals surface area (Å²) in [5.74, 6) is 1.70. The van der Waals surface area contributed by atoms with E-state index in [1.54, 1.807) is 10.7 Å². The van der Waals surface area contributed by atoms with Gasteiger partial charge in [0, 0.05) is 43.2 Å². The van der Waals surface area contributed by atoms with Crippen LogP contribution >= 0.6 is 0 Å². The van der Waals surface area contributed by atoms with Crippen LogP contribution in [0.4, 0.5) is 21.0 Å². The summed E-state index contributed by atoms with van der Waals surface area (Å²) in [5.41, 5.74) is 4.70. The molecule has 0 bridgehead atoms. The summed E-state index contributed by atoms with van der Waals surface area (Å²) >= 11 is 0. The van der Waals surface area contributed by atoms with Crippen LogP contribution in [0.3, 0.4) is 0 Å². The van der Waals surface area contributed by atoms with Crippen LogP contribution in [0.25, 0.3) is 11.3 Å². The molecule has 2 fully saturated rings. The predicted molar refractivity (Wildman–Crippen MR) is 219 cm³/mol. The Hall–Kier alpha value is -5.54. The summed E-state index contributed by atoms with van der Waals surface area (Å²) in [6.45, 7) is 14.0. The number of aromatic nitrogens is 5. The molecule has 5 aromatic rings. The maximum Gasteiger partial charge on any atom is 0.320 e. The standard InChI is InChI=1S/C42H52FN9O3.CH2O2/c1-27-9-8-10-28(2)51(27)41-47-46-38-16-13-32(26-50(38)41)55-36-15-14-35(33-11-6-7-12-34(33)36)44-40(53)45-39-24-37(42(3,4)5)48-52(39)31-22-29(21-30(43)23-31)25-49-17-19-54-20-18-49;2-1-3/h6-7,11-13,16,21-24,26-28,35-36H,8-10,14-15,17-20,25H2,1-5H3,(H2,44,45,53);1H,(H,2,3)/t27-,28+,35-,36+;/m0./s1. The second kappa shape index (κ2) is 17.5. The zero-order valence-corrected chi connectivity index (χ0v) is 33.9. The van der Waals surface area contributed by atoms with Crippen molar-refractivity contribution in [3.63, 3.8) is 0 Å². The molecule has 0 saturated carbocycles. The minimum Gasteiger partial charge on any atom is -0.484 e. The molecule has 8 rings (SSSR count). The molecule has 0 unspecified atom stereocenters. The normalized spacial score (nSPS) is 21.1. The zero-order chi connectivity index (χ0) is 41.0. The average molecular weight is 796 g/mol. The Bertz CT molecular complexity index is 2200. The number of hydrogen-bond donors (Lipinski definition) is 3. The van der Waals surface area contributed by atoms with Crippen molar-refractivity contribution in [1.29, 1.82) is 0 Å². The third-order valence-electron chi connectivity index (χ3n) is 11.2. The molecular formula is C43H54FN9O5. The fourth-order valence-corrected chi connectivity index (χ4v) is 8.32. The number of carbonyl (C=O) groups excluding carboxylic acids is 1. The number of anilines is 2. The topological polar surface area (TPSA) is 151 Å². The number of rotatable bonds is 8. The van der Waals surface area contributed by atoms with Gasteiger partial charge in [0.05, 0.1) is 36.8 Å². The Kier molecular flexibility index (Phi) is 12.3. The van der Waals surface area contributed by atoms with E-state index in [0.29, 0.717) is 56.2 Å². The van der Waals surface area contributed by atoms with Crippen molar-refractivity contribution < 1.29 is 28.6 Å². The number of amides is 2. The van der Waals surface area contributed by atoms with Crippen LogP contribution in [-0.4, -0.2) is 85.3 Å². The monoisotopic (exact) mass is 795 g/mol. The van der Waals surface area contributed by atoms with Gasteiger partial charge in [0.1, 0.15) is 23.5 Å². The summed E-state index contributed by atoms with van der Waals surface area (Å²) in [6.07, 6.45) is 6.67. The number of benzene rings is 2. The van der Waals surface area contributed by atoms with E-state index in [1.165, 1.54) is 12.5 Å². The number of carbonyl (C=O) groups is 2. The SMILES string of the molecule is C[C@@H]1CCC[C@H](C)N1c1nnc2ccc(O[C@@H]3CC[C@H](NC(=O)Nc4cc(C(C)(C)C)nn4-c4cc(F)cc(CN5CCOCC5)c4)c4ccccc43)cn12.O=CO. The van der Waals surface area contributed by atoms with E-state index in [-0.39, 0.29) is 35.9 Å². The molecule has 0 radical (unpaired) electrons. The number of halogens is 1. The highest BCUT2D eigenvalue weighted by atomic mass is 19.1. The number of piperidine rings is 1. The van der Waals surface area contributed by atoms with Crippen LogP contribution in [0.15, 0.2) is 66.9 Å². The van der Waals surface area contributed by atoms with Gasteiger partial charge < -0.3 is 24.8 Å². The molecule has 3 aliphatic rings. The van der Waals surface area contributed by atoms with Gasteiger partial charge >= 0.3 is 6.03 Å². The minimum atomic E-state index is -0.363. The van der Waals surface area contributed by atoms with E-state index in [2.05, 4.69) is 77.4 Å². The van der Waals surface area contributed by atoms with E-state index in [1.807, 2.05) is 47.0 Å². The Morgan fingerprint density at radius 2 is 1.71 bits per heavy atom. The van der Waals surface area contributed by atoms with Crippen molar-refractivity contribution >= 4 is 29.9 Å². The van der Waals surface area contributed by atoms with Crippen molar-refractivity contribution in [2.45, 2.75) is 103 Å². The van der Waals surface area contributed by atoms with Gasteiger partial charge in [-0.2, -0.15) is 5.10 Å². The molecule has 2 saturated heterocycles. The first-order chi connectivity index (χ1) is 27.9. The highest BCUT2D eigenvalue weighted by Gasteiger charge is 2.32. The van der Waals surface area contributed by atoms with Crippen molar-refractivity contribution in [2.75, 3.05) is 36.5 Å². The van der Waals surface area contributed by atoms with Crippen LogP contribution in [0.1, 0.15) is 101 Å². The summed E-state index contributed by atoms with van der Waals surface area (Å²) < 4.78 is 31.0. The van der Waals surface area contributed by atoms with E-state index >= 15 is 4.39 Å². The van der Waals surface area contributed by atoms with Crippen molar-refractivity contribution in [2.24, 2.45) is 0 Å². The Morgan fingerprint density at radius 3 is 2.43 bits per heavy atom.